The average molecular weight is 398 g/mol. The second kappa shape index (κ2) is 6.11. The first-order valence-electron chi connectivity index (χ1n) is 8.10. The van der Waals surface area contributed by atoms with Crippen molar-refractivity contribution in [2.75, 3.05) is 6.54 Å². The Bertz CT molecular complexity index is 639. The summed E-state index contributed by atoms with van der Waals surface area (Å²) in [5, 5.41) is -0.835. The highest BCUT2D eigenvalue weighted by Gasteiger charge is 2.82. The van der Waals surface area contributed by atoms with Gasteiger partial charge in [-0.15, -0.1) is 23.4 Å². The lowest BCUT2D eigenvalue weighted by atomic mass is 9.91. The SMILES string of the molecule is CCCCCCCCN1C(=O)C2(Cl)C3C=CC(S3)C2(Cl)S1(=O)=O. The lowest BCUT2D eigenvalue weighted by Gasteiger charge is -2.30. The van der Waals surface area contributed by atoms with Crippen LogP contribution >= 0.6 is 35.0 Å². The lowest BCUT2D eigenvalue weighted by molar-refractivity contribution is -0.127. The fourth-order valence-corrected chi connectivity index (χ4v) is 9.33. The summed E-state index contributed by atoms with van der Waals surface area (Å²) in [5.74, 6) is -0.549. The minimum absolute atomic E-state index is 0.181. The number of fused-ring (bicyclic) bond motifs is 5. The topological polar surface area (TPSA) is 54.5 Å². The summed E-state index contributed by atoms with van der Waals surface area (Å²) in [7, 11) is -3.95. The lowest BCUT2D eigenvalue weighted by Crippen LogP contribution is -2.54. The summed E-state index contributed by atoms with van der Waals surface area (Å²) in [5.41, 5.74) is 0. The zero-order valence-corrected chi connectivity index (χ0v) is 16.1. The fraction of sp³-hybridized carbons (Fsp3) is 0.800. The normalized spacial score (nSPS) is 40.1. The molecule has 0 saturated carbocycles. The van der Waals surface area contributed by atoms with Crippen molar-refractivity contribution in [1.29, 1.82) is 0 Å². The first-order valence-corrected chi connectivity index (χ1v) is 11.2. The van der Waals surface area contributed by atoms with Crippen LogP contribution in [0, 0.1) is 0 Å². The van der Waals surface area contributed by atoms with Gasteiger partial charge in [0.15, 0.2) is 4.87 Å². The van der Waals surface area contributed by atoms with Gasteiger partial charge in [0.25, 0.3) is 15.9 Å². The summed E-state index contributed by atoms with van der Waals surface area (Å²) in [6, 6.07) is 0. The van der Waals surface area contributed by atoms with Crippen LogP contribution in [0.2, 0.25) is 0 Å². The minimum atomic E-state index is -3.95. The first-order chi connectivity index (χ1) is 10.8. The van der Waals surface area contributed by atoms with Crippen LogP contribution in [-0.2, 0) is 14.8 Å². The third kappa shape index (κ3) is 2.24. The number of amides is 1. The number of carbonyl (C=O) groups excluding carboxylic acids is 1. The standard InChI is InChI=1S/C15H21Cl2NO3S2/c1-2-3-4-5-6-7-10-18-13(19)14(16)11-8-9-12(22-11)15(14,17)23(18,20)21/h8-9,11-12H,2-7,10H2,1H3. The molecule has 0 aromatic rings. The van der Waals surface area contributed by atoms with E-state index in [1.54, 1.807) is 6.08 Å². The van der Waals surface area contributed by atoms with Gasteiger partial charge in [-0.25, -0.2) is 12.7 Å². The van der Waals surface area contributed by atoms with Gasteiger partial charge in [-0.1, -0.05) is 62.8 Å². The fourth-order valence-electron chi connectivity index (χ4n) is 3.60. The number of halogens is 2. The monoisotopic (exact) mass is 397 g/mol. The molecule has 3 aliphatic heterocycles. The van der Waals surface area contributed by atoms with E-state index in [2.05, 4.69) is 6.92 Å². The number of rotatable bonds is 7. The second-order valence-electron chi connectivity index (χ2n) is 6.37. The Labute approximate surface area is 152 Å². The van der Waals surface area contributed by atoms with E-state index in [-0.39, 0.29) is 11.8 Å². The van der Waals surface area contributed by atoms with Crippen molar-refractivity contribution >= 4 is 50.9 Å². The number of thioether (sulfide) groups is 1. The van der Waals surface area contributed by atoms with Crippen molar-refractivity contribution in [2.45, 2.75) is 65.0 Å². The van der Waals surface area contributed by atoms with Gasteiger partial charge in [0.1, 0.15) is 0 Å². The molecule has 2 saturated heterocycles. The summed E-state index contributed by atoms with van der Waals surface area (Å²) in [6.07, 6.45) is 9.68. The molecule has 0 radical (unpaired) electrons. The predicted octanol–water partition coefficient (Wildman–Crippen LogP) is 3.49. The van der Waals surface area contributed by atoms with E-state index in [0.717, 1.165) is 30.0 Å². The van der Waals surface area contributed by atoms with Gasteiger partial charge in [-0.2, -0.15) is 0 Å². The Morgan fingerprint density at radius 2 is 1.74 bits per heavy atom. The van der Waals surface area contributed by atoms with Crippen molar-refractivity contribution in [3.8, 4) is 0 Å². The summed E-state index contributed by atoms with van der Waals surface area (Å²) < 4.78 is 25.0. The average Bonchev–Trinajstić information content (AvgIpc) is 3.11. The molecule has 2 bridgehead atoms. The Hall–Kier alpha value is 0.0900. The van der Waals surface area contributed by atoms with Gasteiger partial charge in [0, 0.05) is 6.54 Å². The van der Waals surface area contributed by atoms with Crippen LogP contribution < -0.4 is 0 Å². The van der Waals surface area contributed by atoms with Gasteiger partial charge in [0.05, 0.1) is 10.5 Å². The zero-order valence-electron chi connectivity index (χ0n) is 13.0. The summed E-state index contributed by atoms with van der Waals surface area (Å²) >= 11 is 14.4. The van der Waals surface area contributed by atoms with E-state index < -0.39 is 30.3 Å². The number of hydrogen-bond acceptors (Lipinski definition) is 4. The molecule has 23 heavy (non-hydrogen) atoms. The highest BCUT2D eigenvalue weighted by Crippen LogP contribution is 2.66. The van der Waals surface area contributed by atoms with Gasteiger partial charge < -0.3 is 0 Å². The summed E-state index contributed by atoms with van der Waals surface area (Å²) in [4.78, 5) is 11.2. The van der Waals surface area contributed by atoms with Crippen molar-refractivity contribution < 1.29 is 13.2 Å². The number of unbranched alkanes of at least 4 members (excludes halogenated alkanes) is 5. The van der Waals surface area contributed by atoms with Crippen LogP contribution in [0.4, 0.5) is 0 Å². The molecule has 3 rings (SSSR count). The molecule has 0 spiro atoms. The van der Waals surface area contributed by atoms with Crippen LogP contribution in [0.5, 0.6) is 0 Å². The van der Waals surface area contributed by atoms with E-state index in [0.29, 0.717) is 6.42 Å². The van der Waals surface area contributed by atoms with Crippen LogP contribution in [0.3, 0.4) is 0 Å². The maximum absolute atomic E-state index is 12.9. The molecule has 130 valence electrons. The van der Waals surface area contributed by atoms with Gasteiger partial charge in [0.2, 0.25) is 4.21 Å². The Morgan fingerprint density at radius 1 is 1.13 bits per heavy atom. The number of sulfonamides is 1. The molecule has 0 aliphatic carbocycles. The maximum atomic E-state index is 12.9. The smallest absolute Gasteiger partial charge is 0.261 e. The largest absolute Gasteiger partial charge is 0.272 e. The minimum Gasteiger partial charge on any atom is -0.272 e. The molecule has 0 N–H and O–H groups in total. The van der Waals surface area contributed by atoms with E-state index in [1.165, 1.54) is 18.2 Å². The molecular formula is C15H21Cl2NO3S2. The van der Waals surface area contributed by atoms with Crippen molar-refractivity contribution in [3.63, 3.8) is 0 Å². The highest BCUT2D eigenvalue weighted by molar-refractivity contribution is 8.04. The first kappa shape index (κ1) is 17.9. The maximum Gasteiger partial charge on any atom is 0.261 e. The molecule has 8 heteroatoms. The van der Waals surface area contributed by atoms with Crippen molar-refractivity contribution in [2.24, 2.45) is 0 Å². The van der Waals surface area contributed by atoms with E-state index in [1.807, 2.05) is 6.08 Å². The molecule has 2 fully saturated rings. The quantitative estimate of drug-likeness (QED) is 0.374. The number of carbonyl (C=O) groups is 1. The van der Waals surface area contributed by atoms with Gasteiger partial charge in [-0.05, 0) is 6.42 Å². The third-order valence-corrected chi connectivity index (χ3v) is 11.2. The highest BCUT2D eigenvalue weighted by atomic mass is 35.5. The van der Waals surface area contributed by atoms with Crippen molar-refractivity contribution in [1.82, 2.24) is 4.31 Å². The predicted molar refractivity (Wildman–Crippen MR) is 95.5 cm³/mol. The van der Waals surface area contributed by atoms with Gasteiger partial charge >= 0.3 is 0 Å². The van der Waals surface area contributed by atoms with Crippen LogP contribution in [0.1, 0.15) is 45.4 Å². The Kier molecular flexibility index (Phi) is 4.76. The molecule has 4 atom stereocenters. The third-order valence-electron chi connectivity index (χ3n) is 4.93. The van der Waals surface area contributed by atoms with E-state index >= 15 is 0 Å². The number of nitrogens with zero attached hydrogens (tertiary/aromatic N) is 1. The molecule has 3 heterocycles. The Morgan fingerprint density at radius 3 is 2.39 bits per heavy atom. The van der Waals surface area contributed by atoms with E-state index in [9.17, 15) is 13.2 Å². The van der Waals surface area contributed by atoms with Crippen molar-refractivity contribution in [3.05, 3.63) is 12.2 Å². The Balaban J connectivity index is 1.74. The molecule has 4 nitrogen and oxygen atoms in total. The van der Waals surface area contributed by atoms with Crippen LogP contribution in [-0.4, -0.2) is 44.8 Å². The number of alkyl halides is 2. The molecule has 0 aromatic heterocycles. The second-order valence-corrected chi connectivity index (χ2v) is 11.1. The molecule has 1 amide bonds. The molecular weight excluding hydrogens is 377 g/mol. The molecule has 4 unspecified atom stereocenters. The van der Waals surface area contributed by atoms with Crippen LogP contribution in [0.25, 0.3) is 0 Å². The van der Waals surface area contributed by atoms with E-state index in [4.69, 9.17) is 23.2 Å². The molecule has 0 aromatic carbocycles. The zero-order chi connectivity index (χ0) is 16.9. The number of hydrogen-bond donors (Lipinski definition) is 0. The summed E-state index contributed by atoms with van der Waals surface area (Å²) in [6.45, 7) is 2.33. The van der Waals surface area contributed by atoms with Crippen LogP contribution in [0.15, 0.2) is 12.2 Å². The molecule has 3 aliphatic rings. The van der Waals surface area contributed by atoms with Gasteiger partial charge in [-0.3, -0.25) is 4.79 Å².